The highest BCUT2D eigenvalue weighted by Gasteiger charge is 2.23. The highest BCUT2D eigenvalue weighted by molar-refractivity contribution is 6.30. The first kappa shape index (κ1) is 24.1. The Kier molecular flexibility index (Phi) is 7.75. The number of aromatic nitrogens is 2. The molecular formula is C26H26ClFN2O4. The second kappa shape index (κ2) is 10.9. The molecule has 6 nitrogen and oxygen atoms in total. The van der Waals surface area contributed by atoms with Crippen molar-refractivity contribution >= 4 is 17.6 Å². The van der Waals surface area contributed by atoms with Crippen molar-refractivity contribution in [2.75, 3.05) is 13.2 Å². The Balaban J connectivity index is 1.56. The van der Waals surface area contributed by atoms with E-state index in [0.717, 1.165) is 31.2 Å². The molecule has 0 unspecified atom stereocenters. The zero-order valence-corrected chi connectivity index (χ0v) is 19.4. The Hall–Kier alpha value is -3.03. The topological polar surface area (TPSA) is 81.4 Å². The van der Waals surface area contributed by atoms with Crippen LogP contribution in [0.1, 0.15) is 25.7 Å². The number of rotatable bonds is 8. The Morgan fingerprint density at radius 3 is 2.44 bits per heavy atom. The van der Waals surface area contributed by atoms with Crippen LogP contribution in [0.4, 0.5) is 4.39 Å². The maximum Gasteiger partial charge on any atom is 0.329 e. The molecule has 1 N–H and O–H groups in total. The largest absolute Gasteiger partial charge is 0.480 e. The lowest BCUT2D eigenvalue weighted by Crippen LogP contribution is -2.29. The number of carboxylic acid groups (broad SMARTS) is 1. The van der Waals surface area contributed by atoms with E-state index in [4.69, 9.17) is 21.4 Å². The third-order valence-corrected chi connectivity index (χ3v) is 6.56. The first-order chi connectivity index (χ1) is 16.4. The van der Waals surface area contributed by atoms with Gasteiger partial charge >= 0.3 is 5.97 Å². The van der Waals surface area contributed by atoms with Crippen LogP contribution in [0, 0.1) is 17.7 Å². The van der Waals surface area contributed by atoms with Gasteiger partial charge in [-0.25, -0.2) is 13.9 Å². The van der Waals surface area contributed by atoms with Crippen LogP contribution >= 0.6 is 11.6 Å². The van der Waals surface area contributed by atoms with Gasteiger partial charge in [-0.3, -0.25) is 4.79 Å². The third-order valence-electron chi connectivity index (χ3n) is 6.25. The van der Waals surface area contributed by atoms with Gasteiger partial charge in [0, 0.05) is 23.7 Å². The van der Waals surface area contributed by atoms with E-state index < -0.39 is 11.8 Å². The number of carboxylic acids is 1. The van der Waals surface area contributed by atoms with Gasteiger partial charge in [-0.05, 0) is 55.2 Å². The van der Waals surface area contributed by atoms with Crippen LogP contribution in [0.2, 0.25) is 5.02 Å². The molecule has 0 amide bonds. The van der Waals surface area contributed by atoms with Crippen molar-refractivity contribution in [3.05, 3.63) is 75.8 Å². The van der Waals surface area contributed by atoms with Crippen LogP contribution in [0.3, 0.4) is 0 Å². The molecule has 1 aromatic heterocycles. The summed E-state index contributed by atoms with van der Waals surface area (Å²) in [5.41, 5.74) is 2.34. The fourth-order valence-corrected chi connectivity index (χ4v) is 4.57. The van der Waals surface area contributed by atoms with Gasteiger partial charge in [0.15, 0.2) is 0 Å². The quantitative estimate of drug-likeness (QED) is 0.470. The van der Waals surface area contributed by atoms with Crippen molar-refractivity contribution in [3.63, 3.8) is 0 Å². The van der Waals surface area contributed by atoms with E-state index in [1.54, 1.807) is 12.1 Å². The average Bonchev–Trinajstić information content (AvgIpc) is 2.83. The molecule has 0 spiro atoms. The van der Waals surface area contributed by atoms with Crippen LogP contribution in [0.5, 0.6) is 0 Å². The van der Waals surface area contributed by atoms with E-state index in [1.165, 1.54) is 16.8 Å². The van der Waals surface area contributed by atoms with Gasteiger partial charge in [0.2, 0.25) is 0 Å². The number of hydrogen-bond donors (Lipinski definition) is 1. The lowest BCUT2D eigenvalue weighted by molar-refractivity contribution is -0.142. The minimum atomic E-state index is -0.963. The summed E-state index contributed by atoms with van der Waals surface area (Å²) in [6.07, 6.45) is 3.63. The summed E-state index contributed by atoms with van der Waals surface area (Å²) in [5.74, 6) is -0.901. The number of hydrogen-bond acceptors (Lipinski definition) is 4. The minimum Gasteiger partial charge on any atom is -0.480 e. The maximum atomic E-state index is 14.2. The standard InChI is InChI=1S/C26H26ClFN2O4/c27-22-11-10-20(12-23(22)28)26-21(19-4-2-1-3-5-19)13-24(31)30(29-26)14-17-6-8-18(9-7-17)15-34-16-25(32)33/h1-5,10-13,17-18H,6-9,14-16H2,(H,32,33)/t17-,18-. The monoisotopic (exact) mass is 484 g/mol. The van der Waals surface area contributed by atoms with E-state index in [1.807, 2.05) is 30.3 Å². The lowest BCUT2D eigenvalue weighted by Gasteiger charge is -2.28. The summed E-state index contributed by atoms with van der Waals surface area (Å²) in [4.78, 5) is 23.6. The average molecular weight is 485 g/mol. The van der Waals surface area contributed by atoms with Crippen LogP contribution in [-0.4, -0.2) is 34.1 Å². The fraction of sp³-hybridized carbons (Fsp3) is 0.346. The van der Waals surface area contributed by atoms with Crippen LogP contribution in [0.25, 0.3) is 22.4 Å². The molecule has 34 heavy (non-hydrogen) atoms. The summed E-state index contributed by atoms with van der Waals surface area (Å²) in [5, 5.41) is 13.4. The Labute approximate surface area is 202 Å². The molecule has 1 fully saturated rings. The maximum absolute atomic E-state index is 14.2. The number of halogens is 2. The van der Waals surface area contributed by atoms with Gasteiger partial charge < -0.3 is 9.84 Å². The van der Waals surface area contributed by atoms with Gasteiger partial charge in [0.05, 0.1) is 17.3 Å². The van der Waals surface area contributed by atoms with Crippen molar-refractivity contribution < 1.29 is 19.0 Å². The molecule has 1 heterocycles. The molecule has 0 bridgehead atoms. The van der Waals surface area contributed by atoms with E-state index in [-0.39, 0.29) is 23.1 Å². The second-order valence-electron chi connectivity index (χ2n) is 8.72. The van der Waals surface area contributed by atoms with Gasteiger partial charge in [-0.15, -0.1) is 0 Å². The van der Waals surface area contributed by atoms with Crippen molar-refractivity contribution in [1.29, 1.82) is 0 Å². The van der Waals surface area contributed by atoms with Crippen molar-refractivity contribution in [3.8, 4) is 22.4 Å². The molecule has 0 saturated heterocycles. The number of ether oxygens (including phenoxy) is 1. The van der Waals surface area contributed by atoms with E-state index >= 15 is 0 Å². The molecule has 0 aliphatic heterocycles. The second-order valence-corrected chi connectivity index (χ2v) is 9.12. The summed E-state index contributed by atoms with van der Waals surface area (Å²) < 4.78 is 21.0. The molecule has 4 rings (SSSR count). The summed E-state index contributed by atoms with van der Waals surface area (Å²) in [7, 11) is 0. The van der Waals surface area contributed by atoms with Crippen LogP contribution in [0.15, 0.2) is 59.4 Å². The molecule has 8 heteroatoms. The molecule has 1 aliphatic rings. The number of benzene rings is 2. The normalized spacial score (nSPS) is 18.1. The van der Waals surface area contributed by atoms with Crippen LogP contribution in [-0.2, 0) is 16.1 Å². The van der Waals surface area contributed by atoms with Gasteiger partial charge in [-0.1, -0.05) is 48.0 Å². The first-order valence-electron chi connectivity index (χ1n) is 11.3. The number of aliphatic carboxylic acids is 1. The summed E-state index contributed by atoms with van der Waals surface area (Å²) in [6, 6.07) is 15.5. The summed E-state index contributed by atoms with van der Waals surface area (Å²) >= 11 is 5.88. The van der Waals surface area contributed by atoms with Crippen LogP contribution < -0.4 is 5.56 Å². The summed E-state index contributed by atoms with van der Waals surface area (Å²) in [6.45, 7) is 0.635. The van der Waals surface area contributed by atoms with Gasteiger partial charge in [0.1, 0.15) is 12.4 Å². The molecule has 0 radical (unpaired) electrons. The molecule has 0 atom stereocenters. The molecule has 1 aliphatic carbocycles. The molecule has 3 aromatic rings. The Morgan fingerprint density at radius 1 is 1.06 bits per heavy atom. The number of nitrogens with zero attached hydrogens (tertiary/aromatic N) is 2. The Morgan fingerprint density at radius 2 is 1.76 bits per heavy atom. The van der Waals surface area contributed by atoms with Gasteiger partial charge in [-0.2, -0.15) is 5.10 Å². The number of carbonyl (C=O) groups is 1. The molecule has 178 valence electrons. The highest BCUT2D eigenvalue weighted by Crippen LogP contribution is 2.32. The van der Waals surface area contributed by atoms with E-state index in [2.05, 4.69) is 5.10 Å². The van der Waals surface area contributed by atoms with Crippen molar-refractivity contribution in [2.24, 2.45) is 11.8 Å². The van der Waals surface area contributed by atoms with Gasteiger partial charge in [0.25, 0.3) is 5.56 Å². The molecule has 1 saturated carbocycles. The highest BCUT2D eigenvalue weighted by atomic mass is 35.5. The SMILES string of the molecule is O=C(O)COC[C@H]1CC[C@H](Cn2nc(-c3ccc(Cl)c(F)c3)c(-c3ccccc3)cc2=O)CC1. The predicted molar refractivity (Wildman–Crippen MR) is 128 cm³/mol. The minimum absolute atomic E-state index is 0.0300. The van der Waals surface area contributed by atoms with E-state index in [9.17, 15) is 14.0 Å². The van der Waals surface area contributed by atoms with Crippen molar-refractivity contribution in [1.82, 2.24) is 9.78 Å². The zero-order chi connectivity index (χ0) is 24.1. The molecular weight excluding hydrogens is 459 g/mol. The zero-order valence-electron chi connectivity index (χ0n) is 18.6. The predicted octanol–water partition coefficient (Wildman–Crippen LogP) is 5.28. The smallest absolute Gasteiger partial charge is 0.329 e. The third kappa shape index (κ3) is 5.90. The fourth-order valence-electron chi connectivity index (χ4n) is 4.45. The Bertz CT molecular complexity index is 1210. The first-order valence-corrected chi connectivity index (χ1v) is 11.7. The van der Waals surface area contributed by atoms with E-state index in [0.29, 0.717) is 35.9 Å². The lowest BCUT2D eigenvalue weighted by atomic mass is 9.82. The molecule has 2 aromatic carbocycles. The van der Waals surface area contributed by atoms with Crippen molar-refractivity contribution in [2.45, 2.75) is 32.2 Å².